The molecule has 0 bridgehead atoms. The Morgan fingerprint density at radius 3 is 2.82 bits per heavy atom. The highest BCUT2D eigenvalue weighted by atomic mass is 16.1. The summed E-state index contributed by atoms with van der Waals surface area (Å²) in [4.78, 5) is 18.7. The van der Waals surface area contributed by atoms with Gasteiger partial charge in [0.15, 0.2) is 0 Å². The van der Waals surface area contributed by atoms with Crippen molar-refractivity contribution >= 4 is 5.91 Å². The summed E-state index contributed by atoms with van der Waals surface area (Å²) in [5.41, 5.74) is 1.03. The Bertz CT molecular complexity index is 451. The van der Waals surface area contributed by atoms with E-state index in [0.717, 1.165) is 17.8 Å². The molecule has 1 aromatic heterocycles. The van der Waals surface area contributed by atoms with Gasteiger partial charge in [-0.2, -0.15) is 0 Å². The molecular formula is C13H15N3O. The van der Waals surface area contributed by atoms with Gasteiger partial charge in [-0.3, -0.25) is 4.79 Å². The van der Waals surface area contributed by atoms with E-state index < -0.39 is 0 Å². The van der Waals surface area contributed by atoms with Crippen LogP contribution in [0.2, 0.25) is 0 Å². The van der Waals surface area contributed by atoms with E-state index in [1.807, 2.05) is 30.3 Å². The van der Waals surface area contributed by atoms with Crippen LogP contribution >= 0.6 is 0 Å². The molecule has 4 nitrogen and oxygen atoms in total. The predicted molar refractivity (Wildman–Crippen MR) is 65.4 cm³/mol. The second kappa shape index (κ2) is 5.84. The summed E-state index contributed by atoms with van der Waals surface area (Å²) in [6.07, 6.45) is 4.65. The van der Waals surface area contributed by atoms with E-state index in [0.29, 0.717) is 13.0 Å². The molecule has 88 valence electrons. The van der Waals surface area contributed by atoms with Crippen LogP contribution in [0.25, 0.3) is 0 Å². The molecule has 0 aliphatic carbocycles. The molecule has 0 spiro atoms. The van der Waals surface area contributed by atoms with Crippen LogP contribution in [-0.2, 0) is 17.6 Å². The summed E-state index contributed by atoms with van der Waals surface area (Å²) in [6, 6.07) is 9.72. The number of nitrogens with zero attached hydrogens (tertiary/aromatic N) is 1. The standard InChI is InChI=1S/C13H15N3O/c17-13(10-11-4-2-1-3-5-11)16-7-6-12-14-8-9-15-12/h1-5,8-9H,6-7,10H2,(H,14,15)(H,16,17). The number of carbonyl (C=O) groups excluding carboxylic acids is 1. The molecule has 0 radical (unpaired) electrons. The second-order valence-corrected chi connectivity index (χ2v) is 3.80. The van der Waals surface area contributed by atoms with Gasteiger partial charge in [0, 0.05) is 25.4 Å². The Labute approximate surface area is 100 Å². The zero-order chi connectivity index (χ0) is 11.9. The fraction of sp³-hybridized carbons (Fsp3) is 0.231. The fourth-order valence-electron chi connectivity index (χ4n) is 1.60. The van der Waals surface area contributed by atoms with Crippen LogP contribution in [0.1, 0.15) is 11.4 Å². The zero-order valence-corrected chi connectivity index (χ0v) is 9.52. The van der Waals surface area contributed by atoms with E-state index in [9.17, 15) is 4.79 Å². The van der Waals surface area contributed by atoms with Crippen LogP contribution in [0.5, 0.6) is 0 Å². The molecule has 0 saturated heterocycles. The van der Waals surface area contributed by atoms with Crippen molar-refractivity contribution in [3.63, 3.8) is 0 Å². The third kappa shape index (κ3) is 3.75. The molecule has 2 rings (SSSR count). The minimum atomic E-state index is 0.0442. The lowest BCUT2D eigenvalue weighted by atomic mass is 10.1. The number of hydrogen-bond donors (Lipinski definition) is 2. The first kappa shape index (κ1) is 11.4. The third-order valence-corrected chi connectivity index (χ3v) is 2.45. The van der Waals surface area contributed by atoms with E-state index in [1.54, 1.807) is 12.4 Å². The van der Waals surface area contributed by atoms with E-state index in [-0.39, 0.29) is 5.91 Å². The Hall–Kier alpha value is -2.10. The Kier molecular flexibility index (Phi) is 3.91. The van der Waals surface area contributed by atoms with Gasteiger partial charge in [-0.05, 0) is 5.56 Å². The summed E-state index contributed by atoms with van der Waals surface area (Å²) >= 11 is 0. The number of benzene rings is 1. The van der Waals surface area contributed by atoms with Gasteiger partial charge in [0.25, 0.3) is 0 Å². The average Bonchev–Trinajstić information content (AvgIpc) is 2.83. The molecule has 4 heteroatoms. The maximum Gasteiger partial charge on any atom is 0.224 e. The van der Waals surface area contributed by atoms with Gasteiger partial charge in [-0.15, -0.1) is 0 Å². The number of amides is 1. The van der Waals surface area contributed by atoms with Crippen molar-refractivity contribution in [3.05, 3.63) is 54.1 Å². The SMILES string of the molecule is O=C(Cc1ccccc1)NCCc1ncc[nH]1. The van der Waals surface area contributed by atoms with Crippen LogP contribution in [0, 0.1) is 0 Å². The molecule has 2 aromatic rings. The molecule has 1 heterocycles. The molecule has 17 heavy (non-hydrogen) atoms. The number of rotatable bonds is 5. The highest BCUT2D eigenvalue weighted by molar-refractivity contribution is 5.78. The summed E-state index contributed by atoms with van der Waals surface area (Å²) in [7, 11) is 0. The fourth-order valence-corrected chi connectivity index (χ4v) is 1.60. The van der Waals surface area contributed by atoms with Gasteiger partial charge in [0.05, 0.1) is 6.42 Å². The number of hydrogen-bond acceptors (Lipinski definition) is 2. The zero-order valence-electron chi connectivity index (χ0n) is 9.52. The van der Waals surface area contributed by atoms with Gasteiger partial charge in [-0.25, -0.2) is 4.98 Å². The smallest absolute Gasteiger partial charge is 0.224 e. The van der Waals surface area contributed by atoms with Crippen LogP contribution in [-0.4, -0.2) is 22.4 Å². The lowest BCUT2D eigenvalue weighted by Gasteiger charge is -2.03. The van der Waals surface area contributed by atoms with E-state index in [1.165, 1.54) is 0 Å². The quantitative estimate of drug-likeness (QED) is 0.812. The van der Waals surface area contributed by atoms with Gasteiger partial charge in [0.1, 0.15) is 5.82 Å². The summed E-state index contributed by atoms with van der Waals surface area (Å²) in [5, 5.41) is 2.87. The minimum Gasteiger partial charge on any atom is -0.355 e. The highest BCUT2D eigenvalue weighted by Gasteiger charge is 2.02. The second-order valence-electron chi connectivity index (χ2n) is 3.80. The maximum absolute atomic E-state index is 11.6. The molecule has 0 aliphatic rings. The third-order valence-electron chi connectivity index (χ3n) is 2.45. The van der Waals surface area contributed by atoms with E-state index in [4.69, 9.17) is 0 Å². The van der Waals surface area contributed by atoms with Crippen molar-refractivity contribution in [2.45, 2.75) is 12.8 Å². The maximum atomic E-state index is 11.6. The molecule has 0 saturated carbocycles. The molecule has 0 aliphatic heterocycles. The van der Waals surface area contributed by atoms with Crippen molar-refractivity contribution in [2.24, 2.45) is 0 Å². The Balaban J connectivity index is 1.71. The monoisotopic (exact) mass is 229 g/mol. The first-order valence-electron chi connectivity index (χ1n) is 5.63. The van der Waals surface area contributed by atoms with Gasteiger partial charge in [0.2, 0.25) is 5.91 Å². The normalized spacial score (nSPS) is 10.1. The van der Waals surface area contributed by atoms with Crippen LogP contribution in [0.3, 0.4) is 0 Å². The molecular weight excluding hydrogens is 214 g/mol. The number of imidazole rings is 1. The van der Waals surface area contributed by atoms with Crippen molar-refractivity contribution in [3.8, 4) is 0 Å². The molecule has 1 amide bonds. The van der Waals surface area contributed by atoms with Crippen LogP contribution in [0.15, 0.2) is 42.7 Å². The van der Waals surface area contributed by atoms with Crippen LogP contribution in [0.4, 0.5) is 0 Å². The lowest BCUT2D eigenvalue weighted by molar-refractivity contribution is -0.120. The summed E-state index contributed by atoms with van der Waals surface area (Å²) < 4.78 is 0. The molecule has 0 atom stereocenters. The number of carbonyl (C=O) groups is 1. The van der Waals surface area contributed by atoms with Crippen molar-refractivity contribution in [1.82, 2.24) is 15.3 Å². The van der Waals surface area contributed by atoms with Gasteiger partial charge in [-0.1, -0.05) is 30.3 Å². The average molecular weight is 229 g/mol. The van der Waals surface area contributed by atoms with Gasteiger partial charge < -0.3 is 10.3 Å². The van der Waals surface area contributed by atoms with Crippen molar-refractivity contribution in [2.75, 3.05) is 6.54 Å². The topological polar surface area (TPSA) is 57.8 Å². The molecule has 1 aromatic carbocycles. The van der Waals surface area contributed by atoms with E-state index >= 15 is 0 Å². The number of nitrogens with one attached hydrogen (secondary N) is 2. The van der Waals surface area contributed by atoms with Crippen LogP contribution < -0.4 is 5.32 Å². The first-order chi connectivity index (χ1) is 8.34. The largest absolute Gasteiger partial charge is 0.355 e. The van der Waals surface area contributed by atoms with Gasteiger partial charge >= 0.3 is 0 Å². The van der Waals surface area contributed by atoms with Crippen molar-refractivity contribution < 1.29 is 4.79 Å². The molecule has 0 unspecified atom stereocenters. The minimum absolute atomic E-state index is 0.0442. The molecule has 2 N–H and O–H groups in total. The lowest BCUT2D eigenvalue weighted by Crippen LogP contribution is -2.27. The Morgan fingerprint density at radius 2 is 2.12 bits per heavy atom. The number of aromatic amines is 1. The molecule has 0 fully saturated rings. The first-order valence-corrected chi connectivity index (χ1v) is 5.63. The summed E-state index contributed by atoms with van der Waals surface area (Å²) in [6.45, 7) is 0.610. The predicted octanol–water partition coefficient (Wildman–Crippen LogP) is 1.31. The van der Waals surface area contributed by atoms with E-state index in [2.05, 4.69) is 15.3 Å². The number of H-pyrrole nitrogens is 1. The number of aromatic nitrogens is 2. The highest BCUT2D eigenvalue weighted by Crippen LogP contribution is 1.99. The Morgan fingerprint density at radius 1 is 1.29 bits per heavy atom. The van der Waals surface area contributed by atoms with Crippen molar-refractivity contribution in [1.29, 1.82) is 0 Å². The summed E-state index contributed by atoms with van der Waals surface area (Å²) in [5.74, 6) is 0.938.